The van der Waals surface area contributed by atoms with Gasteiger partial charge in [-0.1, -0.05) is 81.2 Å². The van der Waals surface area contributed by atoms with Crippen molar-refractivity contribution in [2.24, 2.45) is 0 Å². The molecular weight excluding hydrogens is 599 g/mol. The molecule has 6 aromatic rings. The van der Waals surface area contributed by atoms with Crippen LogP contribution in [0.1, 0.15) is 57.9 Å². The number of thioether (sulfide) groups is 1. The molecule has 0 fully saturated rings. The molecule has 0 unspecified atom stereocenters. The van der Waals surface area contributed by atoms with E-state index in [1.807, 2.05) is 83.3 Å². The van der Waals surface area contributed by atoms with Crippen molar-refractivity contribution in [1.82, 2.24) is 24.4 Å². The summed E-state index contributed by atoms with van der Waals surface area (Å²) in [6.45, 7) is 5.13. The molecule has 0 radical (unpaired) electrons. The Hall–Kier alpha value is -4.21. The van der Waals surface area contributed by atoms with E-state index in [0.29, 0.717) is 21.9 Å². The van der Waals surface area contributed by atoms with Crippen LogP contribution >= 0.6 is 23.1 Å². The Bertz CT molecular complexity index is 1950. The highest BCUT2D eigenvalue weighted by Crippen LogP contribution is 2.28. The first-order valence-corrected chi connectivity index (χ1v) is 17.5. The Balaban J connectivity index is 1.28. The molecule has 0 saturated carbocycles. The zero-order valence-electron chi connectivity index (χ0n) is 25.7. The van der Waals surface area contributed by atoms with E-state index < -0.39 is 0 Å². The second kappa shape index (κ2) is 14.7. The lowest BCUT2D eigenvalue weighted by Crippen LogP contribution is -2.23. The monoisotopic (exact) mass is 635 g/mol. The molecule has 3 heterocycles. The summed E-state index contributed by atoms with van der Waals surface area (Å²) in [6.07, 6.45) is 11.0. The standard InChI is InChI=1S/C36H37N5O2S2/c1-3-5-7-11-22-43-30-18-14-27(15-19-30)34-37-36-41(39-34)35(42)32(45-36)24-28-25-40(29-12-9-8-10-13-29)38-33(28)26-16-20-31(21-17-26)44-23-6-4-2/h8-10,12-21,24-25H,3-7,11,22-23H2,1-2H3/b32-24-. The molecule has 7 nitrogen and oxygen atoms in total. The topological polar surface area (TPSA) is 74.3 Å². The summed E-state index contributed by atoms with van der Waals surface area (Å²) >= 11 is 3.21. The van der Waals surface area contributed by atoms with Crippen molar-refractivity contribution in [3.8, 4) is 34.1 Å². The van der Waals surface area contributed by atoms with E-state index in [-0.39, 0.29) is 5.56 Å². The van der Waals surface area contributed by atoms with Crippen molar-refractivity contribution in [3.05, 3.63) is 106 Å². The minimum absolute atomic E-state index is 0.193. The molecule has 0 aliphatic rings. The number of benzene rings is 3. The van der Waals surface area contributed by atoms with Gasteiger partial charge in [0.25, 0.3) is 5.56 Å². The predicted molar refractivity (Wildman–Crippen MR) is 186 cm³/mol. The van der Waals surface area contributed by atoms with Crippen LogP contribution in [0.15, 0.2) is 94.7 Å². The van der Waals surface area contributed by atoms with Gasteiger partial charge in [0.05, 0.1) is 22.5 Å². The first kappa shape index (κ1) is 30.8. The largest absolute Gasteiger partial charge is 0.494 e. The molecule has 0 bridgehead atoms. The molecule has 45 heavy (non-hydrogen) atoms. The summed E-state index contributed by atoms with van der Waals surface area (Å²) in [5, 5.41) is 9.51. The van der Waals surface area contributed by atoms with Crippen LogP contribution in [-0.2, 0) is 0 Å². The predicted octanol–water partition coefficient (Wildman–Crippen LogP) is 8.07. The molecule has 0 N–H and O–H groups in total. The summed E-state index contributed by atoms with van der Waals surface area (Å²) in [5.74, 6) is 2.46. The summed E-state index contributed by atoms with van der Waals surface area (Å²) in [7, 11) is 0. The molecule has 9 heteroatoms. The Morgan fingerprint density at radius 2 is 1.60 bits per heavy atom. The number of unbranched alkanes of at least 4 members (excludes halogenated alkanes) is 4. The smallest absolute Gasteiger partial charge is 0.291 e. The Morgan fingerprint density at radius 1 is 0.844 bits per heavy atom. The molecule has 0 aliphatic carbocycles. The molecule has 0 atom stereocenters. The van der Waals surface area contributed by atoms with Gasteiger partial charge < -0.3 is 4.74 Å². The summed E-state index contributed by atoms with van der Waals surface area (Å²) in [5.41, 5.74) is 4.28. The summed E-state index contributed by atoms with van der Waals surface area (Å²) in [4.78, 5) is 20.0. The van der Waals surface area contributed by atoms with Gasteiger partial charge in [0.15, 0.2) is 5.82 Å². The SMILES string of the molecule is CCCCCCOc1ccc(-c2nc3s/c(=C\c4cn(-c5ccccc5)nc4-c4ccc(SCCCC)cc4)c(=O)n3n2)cc1. The van der Waals surface area contributed by atoms with E-state index in [1.165, 1.54) is 52.9 Å². The highest BCUT2D eigenvalue weighted by Gasteiger charge is 2.15. The number of rotatable bonds is 14. The number of thiazole rings is 1. The quantitative estimate of drug-likeness (QED) is 0.0890. The first-order valence-electron chi connectivity index (χ1n) is 15.7. The molecule has 0 aliphatic heterocycles. The molecule has 3 aromatic heterocycles. The zero-order valence-corrected chi connectivity index (χ0v) is 27.3. The van der Waals surface area contributed by atoms with Crippen LogP contribution in [0.5, 0.6) is 5.75 Å². The van der Waals surface area contributed by atoms with Gasteiger partial charge in [0.2, 0.25) is 4.96 Å². The van der Waals surface area contributed by atoms with E-state index in [9.17, 15) is 4.79 Å². The number of ether oxygens (including phenoxy) is 1. The van der Waals surface area contributed by atoms with Crippen molar-refractivity contribution in [2.45, 2.75) is 57.3 Å². The third-order valence-electron chi connectivity index (χ3n) is 7.51. The maximum atomic E-state index is 13.5. The summed E-state index contributed by atoms with van der Waals surface area (Å²) in [6, 6.07) is 26.3. The second-order valence-electron chi connectivity index (χ2n) is 10.9. The minimum atomic E-state index is -0.193. The average Bonchev–Trinajstić information content (AvgIpc) is 3.77. The van der Waals surface area contributed by atoms with Gasteiger partial charge in [0.1, 0.15) is 5.75 Å². The maximum absolute atomic E-state index is 13.5. The van der Waals surface area contributed by atoms with Crippen LogP contribution in [0.2, 0.25) is 0 Å². The zero-order chi connectivity index (χ0) is 31.0. The fraction of sp³-hybridized carbons (Fsp3) is 0.278. The van der Waals surface area contributed by atoms with Gasteiger partial charge >= 0.3 is 0 Å². The number of fused-ring (bicyclic) bond motifs is 1. The Kier molecular flexibility index (Phi) is 10.1. The molecular formula is C36H37N5O2S2. The molecule has 230 valence electrons. The average molecular weight is 636 g/mol. The van der Waals surface area contributed by atoms with E-state index in [1.54, 1.807) is 0 Å². The molecule has 3 aromatic carbocycles. The molecule has 0 spiro atoms. The van der Waals surface area contributed by atoms with Gasteiger partial charge in [0, 0.05) is 27.8 Å². The van der Waals surface area contributed by atoms with Gasteiger partial charge in [-0.3, -0.25) is 4.79 Å². The van der Waals surface area contributed by atoms with Crippen LogP contribution in [0.25, 0.3) is 39.4 Å². The third kappa shape index (κ3) is 7.37. The Labute approximate surface area is 271 Å². The lowest BCUT2D eigenvalue weighted by atomic mass is 10.1. The van der Waals surface area contributed by atoms with Crippen molar-refractivity contribution >= 4 is 34.1 Å². The highest BCUT2D eigenvalue weighted by molar-refractivity contribution is 7.99. The third-order valence-corrected chi connectivity index (χ3v) is 9.56. The van der Waals surface area contributed by atoms with E-state index in [4.69, 9.17) is 14.8 Å². The van der Waals surface area contributed by atoms with Crippen LogP contribution < -0.4 is 14.8 Å². The normalized spacial score (nSPS) is 11.9. The molecule has 0 saturated heterocycles. The van der Waals surface area contributed by atoms with E-state index in [2.05, 4.69) is 43.2 Å². The number of nitrogens with zero attached hydrogens (tertiary/aromatic N) is 5. The van der Waals surface area contributed by atoms with Crippen molar-refractivity contribution in [2.75, 3.05) is 12.4 Å². The van der Waals surface area contributed by atoms with E-state index in [0.717, 1.165) is 46.0 Å². The highest BCUT2D eigenvalue weighted by atomic mass is 32.2. The van der Waals surface area contributed by atoms with Gasteiger partial charge in [-0.2, -0.15) is 14.6 Å². The number of hydrogen-bond donors (Lipinski definition) is 0. The fourth-order valence-electron chi connectivity index (χ4n) is 4.99. The van der Waals surface area contributed by atoms with Crippen molar-refractivity contribution in [1.29, 1.82) is 0 Å². The van der Waals surface area contributed by atoms with Crippen molar-refractivity contribution < 1.29 is 4.74 Å². The van der Waals surface area contributed by atoms with Crippen LogP contribution in [0, 0.1) is 0 Å². The van der Waals surface area contributed by atoms with Gasteiger partial charge in [-0.15, -0.1) is 16.9 Å². The maximum Gasteiger partial charge on any atom is 0.291 e. The fourth-order valence-corrected chi connectivity index (χ4v) is 6.89. The molecule has 0 amide bonds. The van der Waals surface area contributed by atoms with Gasteiger partial charge in [-0.25, -0.2) is 4.68 Å². The van der Waals surface area contributed by atoms with E-state index >= 15 is 0 Å². The molecule has 6 rings (SSSR count). The van der Waals surface area contributed by atoms with Gasteiger partial charge in [-0.05, 0) is 73.2 Å². The van der Waals surface area contributed by atoms with Crippen LogP contribution in [0.3, 0.4) is 0 Å². The van der Waals surface area contributed by atoms with Crippen LogP contribution in [-0.4, -0.2) is 36.7 Å². The number of hydrogen-bond acceptors (Lipinski definition) is 7. The number of aromatic nitrogens is 5. The second-order valence-corrected chi connectivity index (χ2v) is 13.1. The first-order chi connectivity index (χ1) is 22.1. The lowest BCUT2D eigenvalue weighted by molar-refractivity contribution is 0.305. The van der Waals surface area contributed by atoms with Crippen molar-refractivity contribution in [3.63, 3.8) is 0 Å². The number of para-hydroxylation sites is 1. The lowest BCUT2D eigenvalue weighted by Gasteiger charge is -2.06. The summed E-state index contributed by atoms with van der Waals surface area (Å²) < 4.78 is 9.69. The Morgan fingerprint density at radius 3 is 2.33 bits per heavy atom. The van der Waals surface area contributed by atoms with Crippen LogP contribution in [0.4, 0.5) is 0 Å². The minimum Gasteiger partial charge on any atom is -0.494 e.